The largest absolute Gasteiger partial charge is 0.396 e. The molecule has 1 unspecified atom stereocenters. The fourth-order valence-electron chi connectivity index (χ4n) is 1.62. The molecule has 3 nitrogen and oxygen atoms in total. The number of unbranched alkanes of at least 4 members (excludes halogenated alkanes) is 1. The highest BCUT2D eigenvalue weighted by atomic mass is 16.2. The molecule has 0 aliphatic rings. The molecule has 1 rings (SSSR count). The van der Waals surface area contributed by atoms with Crippen LogP contribution in [0.5, 0.6) is 0 Å². The van der Waals surface area contributed by atoms with Gasteiger partial charge in [-0.25, -0.2) is 0 Å². The molecule has 0 saturated carbocycles. The van der Waals surface area contributed by atoms with Gasteiger partial charge in [0, 0.05) is 6.61 Å². The summed E-state index contributed by atoms with van der Waals surface area (Å²) >= 11 is 0. The Morgan fingerprint density at radius 2 is 1.93 bits per heavy atom. The van der Waals surface area contributed by atoms with E-state index in [0.717, 1.165) is 18.4 Å². The molecule has 3 N–H and O–H groups in total. The number of aliphatic hydroxyl groups is 1. The fraction of sp³-hybridized carbons (Fsp3) is 0.417. The summed E-state index contributed by atoms with van der Waals surface area (Å²) in [5.41, 5.74) is 6.31. The van der Waals surface area contributed by atoms with Crippen LogP contribution in [0.25, 0.3) is 0 Å². The lowest BCUT2D eigenvalue weighted by Gasteiger charge is -2.12. The molecule has 1 atom stereocenters. The number of amides is 1. The van der Waals surface area contributed by atoms with Crippen LogP contribution < -0.4 is 5.73 Å². The second kappa shape index (κ2) is 6.19. The zero-order valence-corrected chi connectivity index (χ0v) is 8.73. The highest BCUT2D eigenvalue weighted by molar-refractivity contribution is 5.81. The third kappa shape index (κ3) is 3.72. The van der Waals surface area contributed by atoms with Gasteiger partial charge in [-0.2, -0.15) is 0 Å². The molecule has 0 radical (unpaired) electrons. The number of hydrogen-bond acceptors (Lipinski definition) is 2. The molecule has 0 aliphatic carbocycles. The van der Waals surface area contributed by atoms with E-state index in [2.05, 4.69) is 0 Å². The van der Waals surface area contributed by atoms with Gasteiger partial charge in [0.05, 0.1) is 5.92 Å². The zero-order valence-electron chi connectivity index (χ0n) is 8.73. The normalized spacial score (nSPS) is 12.3. The van der Waals surface area contributed by atoms with E-state index >= 15 is 0 Å². The second-order valence-corrected chi connectivity index (χ2v) is 3.59. The first kappa shape index (κ1) is 11.7. The first-order valence-corrected chi connectivity index (χ1v) is 5.21. The quantitative estimate of drug-likeness (QED) is 0.693. The molecule has 0 aliphatic heterocycles. The molecule has 3 heteroatoms. The predicted octanol–water partition coefficient (Wildman–Crippen LogP) is 1.42. The van der Waals surface area contributed by atoms with Gasteiger partial charge >= 0.3 is 0 Å². The van der Waals surface area contributed by atoms with Crippen molar-refractivity contribution in [3.8, 4) is 0 Å². The average Bonchev–Trinajstić information content (AvgIpc) is 2.25. The maximum Gasteiger partial charge on any atom is 0.224 e. The smallest absolute Gasteiger partial charge is 0.224 e. The Hall–Kier alpha value is -1.35. The Balaban J connectivity index is 2.62. The van der Waals surface area contributed by atoms with E-state index < -0.39 is 0 Å². The van der Waals surface area contributed by atoms with Crippen LogP contribution in [0.2, 0.25) is 0 Å². The maximum atomic E-state index is 11.3. The van der Waals surface area contributed by atoms with Gasteiger partial charge in [-0.15, -0.1) is 0 Å². The van der Waals surface area contributed by atoms with Crippen LogP contribution in [0.1, 0.15) is 30.7 Å². The standard InChI is InChI=1S/C12H17NO2/c13-12(15)11(8-4-5-9-14)10-6-2-1-3-7-10/h1-3,6-7,11,14H,4-5,8-9H2,(H2,13,15). The summed E-state index contributed by atoms with van der Waals surface area (Å²) in [6.07, 6.45) is 2.25. The lowest BCUT2D eigenvalue weighted by molar-refractivity contribution is -0.119. The number of benzene rings is 1. The van der Waals surface area contributed by atoms with E-state index in [4.69, 9.17) is 10.8 Å². The van der Waals surface area contributed by atoms with E-state index in [1.165, 1.54) is 0 Å². The highest BCUT2D eigenvalue weighted by Gasteiger charge is 2.16. The number of carbonyl (C=O) groups excluding carboxylic acids is 1. The molecular weight excluding hydrogens is 190 g/mol. The molecule has 0 saturated heterocycles. The minimum atomic E-state index is -0.292. The molecule has 0 fully saturated rings. The molecule has 0 bridgehead atoms. The summed E-state index contributed by atoms with van der Waals surface area (Å²) in [5.74, 6) is -0.517. The molecule has 1 aromatic rings. The molecule has 1 amide bonds. The summed E-state index contributed by atoms with van der Waals surface area (Å²) in [5, 5.41) is 8.67. The van der Waals surface area contributed by atoms with Crippen molar-refractivity contribution in [2.45, 2.75) is 25.2 Å². The number of aliphatic hydroxyl groups excluding tert-OH is 1. The van der Waals surface area contributed by atoms with Crippen molar-refractivity contribution in [3.63, 3.8) is 0 Å². The lowest BCUT2D eigenvalue weighted by Crippen LogP contribution is -2.21. The molecular formula is C12H17NO2. The van der Waals surface area contributed by atoms with Crippen LogP contribution >= 0.6 is 0 Å². The molecule has 82 valence electrons. The van der Waals surface area contributed by atoms with Crippen LogP contribution in [0.15, 0.2) is 30.3 Å². The Morgan fingerprint density at radius 1 is 1.27 bits per heavy atom. The predicted molar refractivity (Wildman–Crippen MR) is 59.3 cm³/mol. The van der Waals surface area contributed by atoms with Gasteiger partial charge in [0.1, 0.15) is 0 Å². The van der Waals surface area contributed by atoms with Crippen molar-refractivity contribution in [3.05, 3.63) is 35.9 Å². The minimum absolute atomic E-state index is 0.167. The average molecular weight is 207 g/mol. The van der Waals surface area contributed by atoms with Gasteiger partial charge in [-0.3, -0.25) is 4.79 Å². The van der Waals surface area contributed by atoms with Crippen molar-refractivity contribution in [2.24, 2.45) is 5.73 Å². The SMILES string of the molecule is NC(=O)C(CCCCO)c1ccccc1. The van der Waals surface area contributed by atoms with Crippen LogP contribution in [0.4, 0.5) is 0 Å². The number of rotatable bonds is 6. The van der Waals surface area contributed by atoms with Crippen molar-refractivity contribution >= 4 is 5.91 Å². The van der Waals surface area contributed by atoms with Crippen molar-refractivity contribution in [1.82, 2.24) is 0 Å². The number of primary amides is 1. The van der Waals surface area contributed by atoms with Crippen LogP contribution in [0.3, 0.4) is 0 Å². The number of hydrogen-bond donors (Lipinski definition) is 2. The minimum Gasteiger partial charge on any atom is -0.396 e. The number of carbonyl (C=O) groups is 1. The summed E-state index contributed by atoms with van der Waals surface area (Å²) in [4.78, 5) is 11.3. The van der Waals surface area contributed by atoms with E-state index in [1.807, 2.05) is 30.3 Å². The summed E-state index contributed by atoms with van der Waals surface area (Å²) in [6, 6.07) is 9.53. The first-order chi connectivity index (χ1) is 7.25. The van der Waals surface area contributed by atoms with Crippen LogP contribution in [0, 0.1) is 0 Å². The van der Waals surface area contributed by atoms with Gasteiger partial charge in [-0.05, 0) is 18.4 Å². The molecule has 15 heavy (non-hydrogen) atoms. The van der Waals surface area contributed by atoms with Gasteiger partial charge in [0.25, 0.3) is 0 Å². The lowest BCUT2D eigenvalue weighted by atomic mass is 9.93. The Bertz CT molecular complexity index is 298. The second-order valence-electron chi connectivity index (χ2n) is 3.59. The number of nitrogens with two attached hydrogens (primary N) is 1. The first-order valence-electron chi connectivity index (χ1n) is 5.21. The fourth-order valence-corrected chi connectivity index (χ4v) is 1.62. The highest BCUT2D eigenvalue weighted by Crippen LogP contribution is 2.21. The van der Waals surface area contributed by atoms with E-state index in [1.54, 1.807) is 0 Å². The molecule has 0 heterocycles. The van der Waals surface area contributed by atoms with Gasteiger partial charge in [0.15, 0.2) is 0 Å². The summed E-state index contributed by atoms with van der Waals surface area (Å²) in [7, 11) is 0. The molecule has 1 aromatic carbocycles. The Labute approximate surface area is 89.9 Å². The van der Waals surface area contributed by atoms with E-state index in [-0.39, 0.29) is 18.4 Å². The van der Waals surface area contributed by atoms with Crippen molar-refractivity contribution < 1.29 is 9.90 Å². The summed E-state index contributed by atoms with van der Waals surface area (Å²) in [6.45, 7) is 0.167. The van der Waals surface area contributed by atoms with Crippen molar-refractivity contribution in [2.75, 3.05) is 6.61 Å². The van der Waals surface area contributed by atoms with E-state index in [9.17, 15) is 4.79 Å². The Kier molecular flexibility index (Phi) is 4.84. The van der Waals surface area contributed by atoms with Gasteiger partial charge in [-0.1, -0.05) is 36.8 Å². The Morgan fingerprint density at radius 3 is 2.47 bits per heavy atom. The summed E-state index contributed by atoms with van der Waals surface area (Å²) < 4.78 is 0. The van der Waals surface area contributed by atoms with Crippen LogP contribution in [-0.2, 0) is 4.79 Å². The van der Waals surface area contributed by atoms with Gasteiger partial charge in [0.2, 0.25) is 5.91 Å². The molecule has 0 spiro atoms. The van der Waals surface area contributed by atoms with Crippen LogP contribution in [-0.4, -0.2) is 17.6 Å². The maximum absolute atomic E-state index is 11.3. The third-order valence-corrected chi connectivity index (χ3v) is 2.45. The topological polar surface area (TPSA) is 63.3 Å². The monoisotopic (exact) mass is 207 g/mol. The third-order valence-electron chi connectivity index (χ3n) is 2.45. The van der Waals surface area contributed by atoms with Gasteiger partial charge < -0.3 is 10.8 Å². The molecule has 0 aromatic heterocycles. The van der Waals surface area contributed by atoms with E-state index in [0.29, 0.717) is 6.42 Å². The zero-order chi connectivity index (χ0) is 11.1. The van der Waals surface area contributed by atoms with Crippen molar-refractivity contribution in [1.29, 1.82) is 0 Å².